The number of nitrogens with zero attached hydrogens (tertiary/aromatic N) is 1. The summed E-state index contributed by atoms with van der Waals surface area (Å²) in [6.07, 6.45) is -0.603. The standard InChI is InChI=1S/C14H18N2O4/c1-13(2,3)20-12(18)16-9-7-6-8-10(17)14(4,5)19-11(8)15-9/h6-7H,1-5H3,(H,15,16,18). The molecule has 1 aliphatic rings. The summed E-state index contributed by atoms with van der Waals surface area (Å²) in [6.45, 7) is 8.67. The van der Waals surface area contributed by atoms with Gasteiger partial charge in [0.15, 0.2) is 5.60 Å². The number of rotatable bonds is 1. The van der Waals surface area contributed by atoms with Gasteiger partial charge in [-0.1, -0.05) is 0 Å². The summed E-state index contributed by atoms with van der Waals surface area (Å²) in [5.74, 6) is 0.390. The van der Waals surface area contributed by atoms with Crippen LogP contribution in [0.2, 0.25) is 0 Å². The average Bonchev–Trinajstić information content (AvgIpc) is 2.46. The molecular weight excluding hydrogens is 260 g/mol. The van der Waals surface area contributed by atoms with E-state index in [-0.39, 0.29) is 17.5 Å². The highest BCUT2D eigenvalue weighted by molar-refractivity contribution is 6.06. The third-order valence-corrected chi connectivity index (χ3v) is 2.63. The number of amides is 1. The maximum Gasteiger partial charge on any atom is 0.413 e. The second-order valence-corrected chi connectivity index (χ2v) is 6.12. The van der Waals surface area contributed by atoms with Gasteiger partial charge in [0.2, 0.25) is 11.7 Å². The number of carbonyl (C=O) groups excluding carboxylic acids is 2. The van der Waals surface area contributed by atoms with E-state index >= 15 is 0 Å². The zero-order valence-electron chi connectivity index (χ0n) is 12.2. The number of nitrogens with one attached hydrogen (secondary N) is 1. The molecule has 1 amide bonds. The van der Waals surface area contributed by atoms with Crippen molar-refractivity contribution >= 4 is 17.7 Å². The number of hydrogen-bond acceptors (Lipinski definition) is 5. The Morgan fingerprint density at radius 1 is 1.35 bits per heavy atom. The van der Waals surface area contributed by atoms with Gasteiger partial charge in [-0.25, -0.2) is 4.79 Å². The highest BCUT2D eigenvalue weighted by Crippen LogP contribution is 2.33. The Morgan fingerprint density at radius 3 is 2.60 bits per heavy atom. The second kappa shape index (κ2) is 4.47. The van der Waals surface area contributed by atoms with Crippen LogP contribution in [-0.2, 0) is 4.74 Å². The van der Waals surface area contributed by atoms with Crippen molar-refractivity contribution < 1.29 is 19.1 Å². The lowest BCUT2D eigenvalue weighted by molar-refractivity contribution is 0.0632. The number of pyridine rings is 1. The molecule has 2 heterocycles. The van der Waals surface area contributed by atoms with Crippen LogP contribution in [0.15, 0.2) is 12.1 Å². The van der Waals surface area contributed by atoms with Crippen LogP contribution < -0.4 is 10.1 Å². The molecule has 1 aromatic rings. The van der Waals surface area contributed by atoms with E-state index in [1.165, 1.54) is 0 Å². The molecule has 6 heteroatoms. The average molecular weight is 278 g/mol. The van der Waals surface area contributed by atoms with Gasteiger partial charge in [0.1, 0.15) is 11.4 Å². The smallest absolute Gasteiger partial charge is 0.413 e. The molecule has 0 saturated heterocycles. The van der Waals surface area contributed by atoms with Gasteiger partial charge in [-0.3, -0.25) is 10.1 Å². The molecule has 1 aliphatic heterocycles. The Bertz CT molecular complexity index is 573. The normalized spacial score (nSPS) is 16.4. The maximum atomic E-state index is 12.0. The molecule has 1 aromatic heterocycles. The monoisotopic (exact) mass is 278 g/mol. The molecule has 0 saturated carbocycles. The first-order valence-corrected chi connectivity index (χ1v) is 6.33. The number of ether oxygens (including phenoxy) is 2. The van der Waals surface area contributed by atoms with Gasteiger partial charge in [0, 0.05) is 0 Å². The highest BCUT2D eigenvalue weighted by Gasteiger charge is 2.40. The molecule has 1 N–H and O–H groups in total. The topological polar surface area (TPSA) is 77.5 Å². The van der Waals surface area contributed by atoms with E-state index < -0.39 is 17.3 Å². The van der Waals surface area contributed by atoms with E-state index in [2.05, 4.69) is 10.3 Å². The van der Waals surface area contributed by atoms with Crippen molar-refractivity contribution in [1.29, 1.82) is 0 Å². The van der Waals surface area contributed by atoms with E-state index in [9.17, 15) is 9.59 Å². The number of Topliss-reactive ketones (excluding diaryl/α,β-unsaturated/α-hetero) is 1. The van der Waals surface area contributed by atoms with E-state index in [4.69, 9.17) is 9.47 Å². The first-order valence-electron chi connectivity index (χ1n) is 6.33. The molecule has 0 fully saturated rings. The number of carbonyl (C=O) groups is 2. The largest absolute Gasteiger partial charge is 0.463 e. The molecule has 0 aliphatic carbocycles. The van der Waals surface area contributed by atoms with Crippen molar-refractivity contribution in [2.75, 3.05) is 5.32 Å². The minimum atomic E-state index is -0.917. The van der Waals surface area contributed by atoms with Gasteiger partial charge in [0.05, 0.1) is 5.56 Å². The Balaban J connectivity index is 2.15. The fourth-order valence-electron chi connectivity index (χ4n) is 1.78. The SMILES string of the molecule is CC(C)(C)OC(=O)Nc1ccc2c(n1)OC(C)(C)C2=O. The van der Waals surface area contributed by atoms with Crippen molar-refractivity contribution in [2.24, 2.45) is 0 Å². The fraction of sp³-hybridized carbons (Fsp3) is 0.500. The number of anilines is 1. The van der Waals surface area contributed by atoms with Gasteiger partial charge in [0.25, 0.3) is 0 Å². The van der Waals surface area contributed by atoms with Crippen molar-refractivity contribution in [3.63, 3.8) is 0 Å². The van der Waals surface area contributed by atoms with Crippen LogP contribution in [0.5, 0.6) is 5.88 Å². The predicted molar refractivity (Wildman–Crippen MR) is 73.1 cm³/mol. The van der Waals surface area contributed by atoms with Gasteiger partial charge in [-0.2, -0.15) is 4.98 Å². The molecule has 6 nitrogen and oxygen atoms in total. The molecule has 0 unspecified atom stereocenters. The van der Waals surface area contributed by atoms with E-state index in [0.29, 0.717) is 5.56 Å². The summed E-state index contributed by atoms with van der Waals surface area (Å²) in [6, 6.07) is 3.14. The summed E-state index contributed by atoms with van der Waals surface area (Å²) in [5.41, 5.74) is -1.08. The molecule has 0 spiro atoms. The van der Waals surface area contributed by atoms with Gasteiger partial charge >= 0.3 is 6.09 Å². The molecule has 108 valence electrons. The zero-order valence-corrected chi connectivity index (χ0v) is 12.2. The minimum Gasteiger partial charge on any atom is -0.463 e. The molecule has 0 aromatic carbocycles. The number of ketones is 1. The quantitative estimate of drug-likeness (QED) is 0.854. The van der Waals surface area contributed by atoms with Gasteiger partial charge in [-0.15, -0.1) is 0 Å². The van der Waals surface area contributed by atoms with Crippen LogP contribution in [0, 0.1) is 0 Å². The Kier molecular flexibility index (Phi) is 3.20. The zero-order chi connectivity index (χ0) is 15.1. The van der Waals surface area contributed by atoms with Crippen LogP contribution >= 0.6 is 0 Å². The summed E-state index contributed by atoms with van der Waals surface area (Å²) in [7, 11) is 0. The van der Waals surface area contributed by atoms with Crippen LogP contribution in [-0.4, -0.2) is 28.1 Å². The summed E-state index contributed by atoms with van der Waals surface area (Å²) in [4.78, 5) is 27.7. The summed E-state index contributed by atoms with van der Waals surface area (Å²) >= 11 is 0. The van der Waals surface area contributed by atoms with E-state index in [1.54, 1.807) is 46.8 Å². The van der Waals surface area contributed by atoms with E-state index in [0.717, 1.165) is 0 Å². The molecule has 2 rings (SSSR count). The van der Waals surface area contributed by atoms with Crippen molar-refractivity contribution in [3.05, 3.63) is 17.7 Å². The second-order valence-electron chi connectivity index (χ2n) is 6.12. The third kappa shape index (κ3) is 2.89. The molecule has 0 atom stereocenters. The predicted octanol–water partition coefficient (Wildman–Crippen LogP) is 2.78. The fourth-order valence-corrected chi connectivity index (χ4v) is 1.78. The van der Waals surface area contributed by atoms with Crippen LogP contribution in [0.25, 0.3) is 0 Å². The van der Waals surface area contributed by atoms with Crippen molar-refractivity contribution in [1.82, 2.24) is 4.98 Å². The lowest BCUT2D eigenvalue weighted by atomic mass is 10.0. The lowest BCUT2D eigenvalue weighted by Gasteiger charge is -2.19. The Morgan fingerprint density at radius 2 is 2.00 bits per heavy atom. The third-order valence-electron chi connectivity index (χ3n) is 2.63. The first-order chi connectivity index (χ1) is 9.08. The Labute approximate surface area is 117 Å². The van der Waals surface area contributed by atoms with Crippen LogP contribution in [0.4, 0.5) is 10.6 Å². The van der Waals surface area contributed by atoms with Gasteiger partial charge < -0.3 is 9.47 Å². The molecule has 0 bridgehead atoms. The number of aromatic nitrogens is 1. The number of fused-ring (bicyclic) bond motifs is 1. The van der Waals surface area contributed by atoms with Crippen molar-refractivity contribution in [2.45, 2.75) is 45.8 Å². The van der Waals surface area contributed by atoms with Crippen LogP contribution in [0.3, 0.4) is 0 Å². The van der Waals surface area contributed by atoms with Gasteiger partial charge in [-0.05, 0) is 46.8 Å². The summed E-state index contributed by atoms with van der Waals surface area (Å²) in [5, 5.41) is 2.51. The van der Waals surface area contributed by atoms with E-state index in [1.807, 2.05) is 0 Å². The first kappa shape index (κ1) is 14.3. The number of hydrogen-bond donors (Lipinski definition) is 1. The summed E-state index contributed by atoms with van der Waals surface area (Å²) < 4.78 is 10.6. The highest BCUT2D eigenvalue weighted by atomic mass is 16.6. The molecule has 0 radical (unpaired) electrons. The Hall–Kier alpha value is -2.11. The molecular formula is C14H18N2O4. The maximum absolute atomic E-state index is 12.0. The lowest BCUT2D eigenvalue weighted by Crippen LogP contribution is -2.32. The van der Waals surface area contributed by atoms with Crippen molar-refractivity contribution in [3.8, 4) is 5.88 Å². The minimum absolute atomic E-state index is 0.121. The van der Waals surface area contributed by atoms with Crippen LogP contribution in [0.1, 0.15) is 45.0 Å². The molecule has 20 heavy (non-hydrogen) atoms.